The van der Waals surface area contributed by atoms with Gasteiger partial charge in [0.25, 0.3) is 0 Å². The Labute approximate surface area is 129 Å². The molecule has 118 valence electrons. The lowest BCUT2D eigenvalue weighted by Crippen LogP contribution is -2.42. The van der Waals surface area contributed by atoms with Crippen LogP contribution < -0.4 is 5.32 Å². The normalized spacial score (nSPS) is 12.3. The topological polar surface area (TPSA) is 75.4 Å². The third-order valence-corrected chi connectivity index (χ3v) is 3.04. The lowest BCUT2D eigenvalue weighted by Gasteiger charge is -2.24. The molecule has 0 spiro atoms. The van der Waals surface area contributed by atoms with E-state index in [-0.39, 0.29) is 18.4 Å². The standard InChI is InChI=1S/C14H22ClN3O3/c1-9(2)5-6-18(14(20)11(4)15)8-13(19)16-12-7-10(3)21-17-12/h7,9,11H,5-6,8H2,1-4H3,(H,16,17,19)/t11-/m1/s1. The van der Waals surface area contributed by atoms with Crippen molar-refractivity contribution in [2.45, 2.75) is 39.5 Å². The Bertz CT molecular complexity index is 486. The summed E-state index contributed by atoms with van der Waals surface area (Å²) in [5.74, 6) is 0.814. The van der Waals surface area contributed by atoms with Gasteiger partial charge in [0.2, 0.25) is 11.8 Å². The van der Waals surface area contributed by atoms with Gasteiger partial charge in [-0.15, -0.1) is 11.6 Å². The monoisotopic (exact) mass is 315 g/mol. The molecule has 0 radical (unpaired) electrons. The van der Waals surface area contributed by atoms with Crippen LogP contribution in [0.2, 0.25) is 0 Å². The van der Waals surface area contributed by atoms with E-state index in [1.165, 1.54) is 4.90 Å². The second kappa shape index (κ2) is 8.02. The maximum Gasteiger partial charge on any atom is 0.245 e. The zero-order valence-electron chi connectivity index (χ0n) is 12.9. The molecule has 1 N–H and O–H groups in total. The summed E-state index contributed by atoms with van der Waals surface area (Å²) in [7, 11) is 0. The van der Waals surface area contributed by atoms with Gasteiger partial charge in [0.1, 0.15) is 11.1 Å². The van der Waals surface area contributed by atoms with E-state index >= 15 is 0 Å². The number of halogens is 1. The summed E-state index contributed by atoms with van der Waals surface area (Å²) >= 11 is 5.84. The van der Waals surface area contributed by atoms with Crippen LogP contribution in [0.25, 0.3) is 0 Å². The lowest BCUT2D eigenvalue weighted by atomic mass is 10.1. The van der Waals surface area contributed by atoms with Crippen molar-refractivity contribution in [3.63, 3.8) is 0 Å². The molecule has 21 heavy (non-hydrogen) atoms. The summed E-state index contributed by atoms with van der Waals surface area (Å²) in [5.41, 5.74) is 0. The molecule has 1 aromatic heterocycles. The molecule has 0 aromatic carbocycles. The van der Waals surface area contributed by atoms with Crippen LogP contribution in [0.15, 0.2) is 10.6 Å². The molecule has 0 fully saturated rings. The Balaban J connectivity index is 2.61. The Morgan fingerprint density at radius 3 is 2.57 bits per heavy atom. The molecule has 0 bridgehead atoms. The van der Waals surface area contributed by atoms with E-state index < -0.39 is 5.38 Å². The maximum atomic E-state index is 12.0. The van der Waals surface area contributed by atoms with Crippen LogP contribution in [0.5, 0.6) is 0 Å². The third-order valence-electron chi connectivity index (χ3n) is 2.86. The Morgan fingerprint density at radius 2 is 2.10 bits per heavy atom. The van der Waals surface area contributed by atoms with Crippen LogP contribution in [-0.4, -0.2) is 40.3 Å². The molecular weight excluding hydrogens is 294 g/mol. The average Bonchev–Trinajstić information content (AvgIpc) is 2.78. The Kier molecular flexibility index (Phi) is 6.68. The highest BCUT2D eigenvalue weighted by atomic mass is 35.5. The van der Waals surface area contributed by atoms with Gasteiger partial charge in [0.05, 0.1) is 6.54 Å². The summed E-state index contributed by atoms with van der Waals surface area (Å²) in [4.78, 5) is 25.5. The number of carbonyl (C=O) groups is 2. The second-order valence-corrected chi connectivity index (χ2v) is 6.08. The highest BCUT2D eigenvalue weighted by Crippen LogP contribution is 2.09. The minimum absolute atomic E-state index is 0.0471. The van der Waals surface area contributed by atoms with E-state index in [0.29, 0.717) is 24.0 Å². The minimum Gasteiger partial charge on any atom is -0.360 e. The van der Waals surface area contributed by atoms with Crippen molar-refractivity contribution in [2.24, 2.45) is 5.92 Å². The number of hydrogen-bond donors (Lipinski definition) is 1. The maximum absolute atomic E-state index is 12.0. The summed E-state index contributed by atoms with van der Waals surface area (Å²) in [6, 6.07) is 1.61. The smallest absolute Gasteiger partial charge is 0.245 e. The second-order valence-electron chi connectivity index (χ2n) is 5.43. The predicted molar refractivity (Wildman–Crippen MR) is 81.2 cm³/mol. The number of aryl methyl sites for hydroxylation is 1. The highest BCUT2D eigenvalue weighted by molar-refractivity contribution is 6.30. The lowest BCUT2D eigenvalue weighted by molar-refractivity contribution is -0.134. The van der Waals surface area contributed by atoms with E-state index in [1.54, 1.807) is 19.9 Å². The number of hydrogen-bond acceptors (Lipinski definition) is 4. The first kappa shape index (κ1) is 17.5. The van der Waals surface area contributed by atoms with E-state index in [4.69, 9.17) is 16.1 Å². The minimum atomic E-state index is -0.653. The van der Waals surface area contributed by atoms with E-state index in [9.17, 15) is 9.59 Å². The van der Waals surface area contributed by atoms with Gasteiger partial charge in [-0.3, -0.25) is 9.59 Å². The number of rotatable bonds is 7. The van der Waals surface area contributed by atoms with Gasteiger partial charge in [-0.25, -0.2) is 0 Å². The van der Waals surface area contributed by atoms with Gasteiger partial charge in [-0.2, -0.15) is 0 Å². The zero-order valence-corrected chi connectivity index (χ0v) is 13.6. The fourth-order valence-electron chi connectivity index (χ4n) is 1.71. The van der Waals surface area contributed by atoms with Crippen molar-refractivity contribution >= 4 is 29.2 Å². The van der Waals surface area contributed by atoms with Crippen molar-refractivity contribution < 1.29 is 14.1 Å². The molecule has 0 aliphatic carbocycles. The third kappa shape index (κ3) is 6.16. The van der Waals surface area contributed by atoms with Crippen LogP contribution in [0, 0.1) is 12.8 Å². The number of aromatic nitrogens is 1. The van der Waals surface area contributed by atoms with Gasteiger partial charge in [0, 0.05) is 12.6 Å². The SMILES string of the molecule is Cc1cc(NC(=O)CN(CCC(C)C)C(=O)[C@@H](C)Cl)no1. The molecule has 0 saturated carbocycles. The number of nitrogens with zero attached hydrogens (tertiary/aromatic N) is 2. The van der Waals surface area contributed by atoms with Crippen molar-refractivity contribution in [1.82, 2.24) is 10.1 Å². The van der Waals surface area contributed by atoms with E-state index in [1.807, 2.05) is 0 Å². The van der Waals surface area contributed by atoms with Crippen LogP contribution >= 0.6 is 11.6 Å². The van der Waals surface area contributed by atoms with Crippen LogP contribution in [0.3, 0.4) is 0 Å². The van der Waals surface area contributed by atoms with Gasteiger partial charge >= 0.3 is 0 Å². The highest BCUT2D eigenvalue weighted by Gasteiger charge is 2.21. The number of carbonyl (C=O) groups excluding carboxylic acids is 2. The summed E-state index contributed by atoms with van der Waals surface area (Å²) in [6.45, 7) is 7.91. The fourth-order valence-corrected chi connectivity index (χ4v) is 1.85. The average molecular weight is 316 g/mol. The van der Waals surface area contributed by atoms with Crippen LogP contribution in [0.1, 0.15) is 33.0 Å². The molecule has 0 aliphatic rings. The predicted octanol–water partition coefficient (Wildman–Crippen LogP) is 2.42. The summed E-state index contributed by atoms with van der Waals surface area (Å²) in [6.07, 6.45) is 0.811. The largest absolute Gasteiger partial charge is 0.360 e. The van der Waals surface area contributed by atoms with Crippen LogP contribution in [0.4, 0.5) is 5.82 Å². The van der Waals surface area contributed by atoms with E-state index in [0.717, 1.165) is 6.42 Å². The molecule has 2 amide bonds. The summed E-state index contributed by atoms with van der Waals surface area (Å²) in [5, 5.41) is 5.62. The van der Waals surface area contributed by atoms with Crippen molar-refractivity contribution in [2.75, 3.05) is 18.4 Å². The molecule has 6 nitrogen and oxygen atoms in total. The molecule has 7 heteroatoms. The number of nitrogens with one attached hydrogen (secondary N) is 1. The molecule has 0 unspecified atom stereocenters. The van der Waals surface area contributed by atoms with Crippen LogP contribution in [-0.2, 0) is 9.59 Å². The van der Waals surface area contributed by atoms with Gasteiger partial charge in [-0.1, -0.05) is 19.0 Å². The summed E-state index contributed by atoms with van der Waals surface area (Å²) < 4.78 is 4.87. The van der Waals surface area contributed by atoms with Gasteiger partial charge < -0.3 is 14.7 Å². The van der Waals surface area contributed by atoms with Crippen molar-refractivity contribution in [3.05, 3.63) is 11.8 Å². The quantitative estimate of drug-likeness (QED) is 0.784. The van der Waals surface area contributed by atoms with Gasteiger partial charge in [-0.05, 0) is 26.2 Å². The first-order valence-corrected chi connectivity index (χ1v) is 7.39. The molecule has 0 aliphatic heterocycles. The fraction of sp³-hybridized carbons (Fsp3) is 0.643. The first-order valence-electron chi connectivity index (χ1n) is 6.95. The molecular formula is C14H22ClN3O3. The van der Waals surface area contributed by atoms with E-state index in [2.05, 4.69) is 24.3 Å². The number of anilines is 1. The Hall–Kier alpha value is -1.56. The van der Waals surface area contributed by atoms with Crippen molar-refractivity contribution in [1.29, 1.82) is 0 Å². The number of alkyl halides is 1. The molecule has 1 rings (SSSR count). The van der Waals surface area contributed by atoms with Gasteiger partial charge in [0.15, 0.2) is 5.82 Å². The Morgan fingerprint density at radius 1 is 1.43 bits per heavy atom. The molecule has 1 atom stereocenters. The van der Waals surface area contributed by atoms with Crippen molar-refractivity contribution in [3.8, 4) is 0 Å². The number of amides is 2. The molecule has 0 saturated heterocycles. The molecule has 1 aromatic rings. The molecule has 1 heterocycles. The first-order chi connectivity index (χ1) is 9.79. The zero-order chi connectivity index (χ0) is 16.0.